The van der Waals surface area contributed by atoms with E-state index < -0.39 is 5.54 Å². The van der Waals surface area contributed by atoms with Gasteiger partial charge in [0.25, 0.3) is 5.91 Å². The van der Waals surface area contributed by atoms with Crippen LogP contribution in [0.3, 0.4) is 0 Å². The Balaban J connectivity index is 1.94. The van der Waals surface area contributed by atoms with Crippen LogP contribution < -0.4 is 9.64 Å². The second kappa shape index (κ2) is 4.15. The molecule has 1 fully saturated rings. The minimum Gasteiger partial charge on any atom is -0.497 e. The van der Waals surface area contributed by atoms with E-state index >= 15 is 0 Å². The van der Waals surface area contributed by atoms with Gasteiger partial charge in [0.15, 0.2) is 5.54 Å². The molecule has 0 unspecified atom stereocenters. The van der Waals surface area contributed by atoms with Gasteiger partial charge in [0.1, 0.15) is 5.75 Å². The molecule has 1 spiro atoms. The summed E-state index contributed by atoms with van der Waals surface area (Å²) in [5.41, 5.74) is -0.397. The maximum atomic E-state index is 12.4. The predicted molar refractivity (Wildman–Crippen MR) is 67.2 cm³/mol. The molecule has 6 nitrogen and oxygen atoms in total. The fraction of sp³-hybridized carbons (Fsp3) is 0.385. The largest absolute Gasteiger partial charge is 0.497 e. The number of nitrogens with zero attached hydrogens (tertiary/aromatic N) is 3. The van der Waals surface area contributed by atoms with E-state index in [4.69, 9.17) is 4.74 Å². The minimum atomic E-state index is -0.947. The van der Waals surface area contributed by atoms with Crippen molar-refractivity contribution in [2.45, 2.75) is 18.4 Å². The molecule has 2 aliphatic rings. The lowest BCUT2D eigenvalue weighted by Gasteiger charge is -2.17. The highest BCUT2D eigenvalue weighted by Gasteiger charge is 2.54. The molecule has 1 saturated heterocycles. The van der Waals surface area contributed by atoms with E-state index in [2.05, 4.69) is 10.2 Å². The van der Waals surface area contributed by atoms with Crippen molar-refractivity contribution in [3.8, 4) is 5.75 Å². The van der Waals surface area contributed by atoms with Crippen molar-refractivity contribution < 1.29 is 14.3 Å². The first-order valence-corrected chi connectivity index (χ1v) is 6.06. The molecule has 1 aromatic carbocycles. The molecule has 2 amide bonds. The summed E-state index contributed by atoms with van der Waals surface area (Å²) >= 11 is 0. The molecule has 19 heavy (non-hydrogen) atoms. The van der Waals surface area contributed by atoms with Gasteiger partial charge in [-0.05, 0) is 24.3 Å². The number of azo groups is 1. The molecule has 0 saturated carbocycles. The van der Waals surface area contributed by atoms with E-state index in [0.29, 0.717) is 24.4 Å². The summed E-state index contributed by atoms with van der Waals surface area (Å²) in [6.07, 6.45) is 0.631. The molecule has 1 atom stereocenters. The summed E-state index contributed by atoms with van der Waals surface area (Å²) in [5, 5.41) is 7.86. The Bertz CT molecular complexity index is 567. The highest BCUT2D eigenvalue weighted by atomic mass is 16.5. The van der Waals surface area contributed by atoms with Crippen LogP contribution in [0.4, 0.5) is 5.69 Å². The first-order valence-electron chi connectivity index (χ1n) is 6.06. The third-order valence-electron chi connectivity index (χ3n) is 3.51. The number of carbonyl (C=O) groups excluding carboxylic acids is 2. The highest BCUT2D eigenvalue weighted by Crippen LogP contribution is 2.37. The second-order valence-electron chi connectivity index (χ2n) is 4.66. The molecule has 0 aliphatic carbocycles. The van der Waals surface area contributed by atoms with Gasteiger partial charge in [-0.15, -0.1) is 0 Å². The summed E-state index contributed by atoms with van der Waals surface area (Å²) in [5.74, 6) is 0.179. The Hall–Kier alpha value is -2.24. The van der Waals surface area contributed by atoms with E-state index in [1.807, 2.05) is 0 Å². The lowest BCUT2D eigenvalue weighted by molar-refractivity contribution is -0.122. The van der Waals surface area contributed by atoms with Crippen molar-refractivity contribution in [2.24, 2.45) is 10.2 Å². The van der Waals surface area contributed by atoms with Gasteiger partial charge in [0.2, 0.25) is 5.91 Å². The second-order valence-corrected chi connectivity index (χ2v) is 4.66. The van der Waals surface area contributed by atoms with Crippen LogP contribution in [0.25, 0.3) is 0 Å². The van der Waals surface area contributed by atoms with E-state index in [1.54, 1.807) is 31.4 Å². The van der Waals surface area contributed by atoms with Crippen molar-refractivity contribution in [3.63, 3.8) is 0 Å². The van der Waals surface area contributed by atoms with Crippen molar-refractivity contribution in [1.29, 1.82) is 0 Å². The van der Waals surface area contributed by atoms with Gasteiger partial charge in [0.05, 0.1) is 25.8 Å². The zero-order valence-electron chi connectivity index (χ0n) is 10.5. The van der Waals surface area contributed by atoms with Crippen LogP contribution >= 0.6 is 0 Å². The third-order valence-corrected chi connectivity index (χ3v) is 3.51. The summed E-state index contributed by atoms with van der Waals surface area (Å²) in [6, 6.07) is 6.83. The number of ether oxygens (including phenoxy) is 1. The van der Waals surface area contributed by atoms with Crippen molar-refractivity contribution in [2.75, 3.05) is 18.6 Å². The first kappa shape index (κ1) is 11.8. The normalized spacial score (nSPS) is 25.6. The molecule has 2 heterocycles. The van der Waals surface area contributed by atoms with Gasteiger partial charge in [-0.25, -0.2) is 4.90 Å². The number of hydrogen-bond donors (Lipinski definition) is 0. The van der Waals surface area contributed by atoms with Gasteiger partial charge in [-0.3, -0.25) is 9.59 Å². The number of amides is 2. The third kappa shape index (κ3) is 1.71. The predicted octanol–water partition coefficient (Wildman–Crippen LogP) is 1.55. The number of anilines is 1. The minimum absolute atomic E-state index is 0.112. The molecule has 98 valence electrons. The van der Waals surface area contributed by atoms with Crippen LogP contribution in [-0.2, 0) is 9.59 Å². The molecule has 0 bridgehead atoms. The number of imide groups is 1. The van der Waals surface area contributed by atoms with Crippen molar-refractivity contribution >= 4 is 17.5 Å². The molecular formula is C13H13N3O3. The van der Waals surface area contributed by atoms with Crippen LogP contribution in [-0.4, -0.2) is 31.0 Å². The van der Waals surface area contributed by atoms with Crippen LogP contribution in [0.5, 0.6) is 5.75 Å². The smallest absolute Gasteiger partial charge is 0.264 e. The van der Waals surface area contributed by atoms with Crippen LogP contribution in [0.1, 0.15) is 12.8 Å². The van der Waals surface area contributed by atoms with Gasteiger partial charge in [0, 0.05) is 6.42 Å². The summed E-state index contributed by atoms with van der Waals surface area (Å²) in [6.45, 7) is 0.509. The van der Waals surface area contributed by atoms with Gasteiger partial charge in [-0.1, -0.05) is 0 Å². The van der Waals surface area contributed by atoms with Crippen LogP contribution in [0.2, 0.25) is 0 Å². The van der Waals surface area contributed by atoms with Crippen molar-refractivity contribution in [3.05, 3.63) is 24.3 Å². The molecule has 1 aromatic rings. The monoisotopic (exact) mass is 259 g/mol. The number of carbonyl (C=O) groups is 2. The van der Waals surface area contributed by atoms with E-state index in [1.165, 1.54) is 4.90 Å². The molecule has 3 rings (SSSR count). The zero-order chi connectivity index (χ0) is 13.5. The summed E-state index contributed by atoms with van der Waals surface area (Å²) in [7, 11) is 1.56. The maximum Gasteiger partial charge on any atom is 0.264 e. The number of benzene rings is 1. The van der Waals surface area contributed by atoms with Crippen LogP contribution in [0.15, 0.2) is 34.5 Å². The maximum absolute atomic E-state index is 12.4. The van der Waals surface area contributed by atoms with Gasteiger partial charge in [-0.2, -0.15) is 10.2 Å². The van der Waals surface area contributed by atoms with Crippen molar-refractivity contribution in [1.82, 2.24) is 0 Å². The Kier molecular flexibility index (Phi) is 2.58. The molecular weight excluding hydrogens is 246 g/mol. The van der Waals surface area contributed by atoms with E-state index in [-0.39, 0.29) is 18.2 Å². The van der Waals surface area contributed by atoms with Gasteiger partial charge < -0.3 is 4.74 Å². The van der Waals surface area contributed by atoms with Crippen LogP contribution in [0, 0.1) is 0 Å². The summed E-state index contributed by atoms with van der Waals surface area (Å²) < 4.78 is 5.06. The standard InChI is InChI=1S/C13H13N3O3/c1-19-10-4-2-9(3-5-10)16-11(17)8-13(12(16)18)6-7-14-15-13/h2-5H,6-8H2,1H3/t13-/m0/s1. The Morgan fingerprint density at radius 2 is 2.00 bits per heavy atom. The number of methoxy groups -OCH3 is 1. The zero-order valence-corrected chi connectivity index (χ0v) is 10.5. The SMILES string of the molecule is COc1ccc(N2C(=O)C[C@@]3(CCN=N3)C2=O)cc1. The lowest BCUT2D eigenvalue weighted by atomic mass is 9.96. The fourth-order valence-electron chi connectivity index (χ4n) is 2.46. The fourth-order valence-corrected chi connectivity index (χ4v) is 2.46. The van der Waals surface area contributed by atoms with Gasteiger partial charge >= 0.3 is 0 Å². The molecule has 0 radical (unpaired) electrons. The highest BCUT2D eigenvalue weighted by molar-refractivity contribution is 6.24. The average molecular weight is 259 g/mol. The van der Waals surface area contributed by atoms with E-state index in [0.717, 1.165) is 0 Å². The van der Waals surface area contributed by atoms with E-state index in [9.17, 15) is 9.59 Å². The topological polar surface area (TPSA) is 71.3 Å². The number of hydrogen-bond acceptors (Lipinski definition) is 5. The Morgan fingerprint density at radius 3 is 2.58 bits per heavy atom. The first-order chi connectivity index (χ1) is 9.16. The Labute approximate surface area is 110 Å². The molecule has 0 aromatic heterocycles. The Morgan fingerprint density at radius 1 is 1.26 bits per heavy atom. The quantitative estimate of drug-likeness (QED) is 0.756. The number of rotatable bonds is 2. The molecule has 6 heteroatoms. The summed E-state index contributed by atoms with van der Waals surface area (Å²) in [4.78, 5) is 25.7. The molecule has 0 N–H and O–H groups in total. The average Bonchev–Trinajstić information content (AvgIpc) is 2.97. The molecule has 2 aliphatic heterocycles. The lowest BCUT2D eigenvalue weighted by Crippen LogP contribution is -2.38.